The number of carbonyl (C=O) groups is 6. The molecule has 13 heteroatoms. The van der Waals surface area contributed by atoms with Crippen molar-refractivity contribution in [1.82, 2.24) is 5.32 Å². The number of hydrogen-bond acceptors (Lipinski definition) is 11. The highest BCUT2D eigenvalue weighted by molar-refractivity contribution is 5.95. The van der Waals surface area contributed by atoms with Crippen molar-refractivity contribution in [2.24, 2.45) is 5.92 Å². The molecule has 1 aromatic rings. The molecule has 3 N–H and O–H groups in total. The third kappa shape index (κ3) is 22.3. The molecule has 324 valence electrons. The Morgan fingerprint density at radius 3 is 1.97 bits per heavy atom. The molecule has 1 rings (SSSR count). The summed E-state index contributed by atoms with van der Waals surface area (Å²) in [6.45, 7) is 12.8. The molecular formula is C45H67NO12. The third-order valence-corrected chi connectivity index (χ3v) is 8.64. The van der Waals surface area contributed by atoms with Gasteiger partial charge in [-0.1, -0.05) is 75.7 Å². The first kappa shape index (κ1) is 51.3. The monoisotopic (exact) mass is 813 g/mol. The van der Waals surface area contributed by atoms with Crippen molar-refractivity contribution >= 4 is 35.6 Å². The first-order valence-electron chi connectivity index (χ1n) is 20.4. The fourth-order valence-corrected chi connectivity index (χ4v) is 5.80. The van der Waals surface area contributed by atoms with E-state index in [9.17, 15) is 39.0 Å². The highest BCUT2D eigenvalue weighted by atomic mass is 16.6. The number of esters is 3. The molecule has 0 spiro atoms. The minimum Gasteiger partial charge on any atom is -0.481 e. The van der Waals surface area contributed by atoms with Gasteiger partial charge in [-0.3, -0.25) is 14.4 Å². The van der Waals surface area contributed by atoms with Crippen LogP contribution in [0.4, 0.5) is 0 Å². The standard InChI is InChI=1S/C45H67NO12/c1-9-11-13-16-19-22-34(47)23-20-17-14-15-18-21-24-36(45(54,31-38(48)49)42(53)58-44(6,7)8)40(51)46-37(41(52)56-32-39(50)57-43(3,4)5)30-33-25-27-35(28-26-33)55-29-12-10-2/h21,24-28,36-37,54H,9,11,13-20,22-23,29-32H2,1-8H3,(H,46,51)(H,48,49)/b24-21+/t36-,37+,45+/m1/s1. The van der Waals surface area contributed by atoms with Crippen LogP contribution in [-0.2, 0) is 49.4 Å². The van der Waals surface area contributed by atoms with Gasteiger partial charge in [0.2, 0.25) is 5.91 Å². The number of carboxylic acids is 1. The maximum atomic E-state index is 14.2. The van der Waals surface area contributed by atoms with Gasteiger partial charge in [0.25, 0.3) is 0 Å². The van der Waals surface area contributed by atoms with E-state index < -0.39 is 71.6 Å². The molecule has 1 aromatic carbocycles. The van der Waals surface area contributed by atoms with E-state index in [0.29, 0.717) is 37.0 Å². The first-order valence-corrected chi connectivity index (χ1v) is 20.4. The molecule has 0 fully saturated rings. The van der Waals surface area contributed by atoms with Crippen LogP contribution in [0.3, 0.4) is 0 Å². The molecule has 0 saturated carbocycles. The summed E-state index contributed by atoms with van der Waals surface area (Å²) < 4.78 is 21.5. The number of Topliss-reactive ketones (excluding diaryl/α,β-unsaturated/α-hetero) is 1. The Morgan fingerprint density at radius 1 is 0.828 bits per heavy atom. The maximum Gasteiger partial charge on any atom is 0.344 e. The average molecular weight is 814 g/mol. The molecule has 58 heavy (non-hydrogen) atoms. The molecule has 1 amide bonds. The minimum absolute atomic E-state index is 0.157. The largest absolute Gasteiger partial charge is 0.481 e. The van der Waals surface area contributed by atoms with Crippen LogP contribution in [0.15, 0.2) is 36.4 Å². The van der Waals surface area contributed by atoms with E-state index in [1.165, 1.54) is 33.3 Å². The number of ketones is 1. The highest BCUT2D eigenvalue weighted by Crippen LogP contribution is 2.29. The number of allylic oxidation sites excluding steroid dienone is 1. The number of carboxylic acid groups (broad SMARTS) is 1. The summed E-state index contributed by atoms with van der Waals surface area (Å²) in [5.41, 5.74) is -4.35. The number of hydrogen-bond donors (Lipinski definition) is 3. The Bertz CT molecular complexity index is 1560. The van der Waals surface area contributed by atoms with Gasteiger partial charge in [0.15, 0.2) is 12.2 Å². The summed E-state index contributed by atoms with van der Waals surface area (Å²) in [7, 11) is 0. The van der Waals surface area contributed by atoms with Crippen molar-refractivity contribution in [3.05, 3.63) is 42.0 Å². The predicted octanol–water partition coefficient (Wildman–Crippen LogP) is 6.99. The van der Waals surface area contributed by atoms with E-state index in [2.05, 4.69) is 24.1 Å². The lowest BCUT2D eigenvalue weighted by Crippen LogP contribution is -2.57. The van der Waals surface area contributed by atoms with Crippen LogP contribution in [0.5, 0.6) is 5.75 Å². The van der Waals surface area contributed by atoms with E-state index in [4.69, 9.17) is 18.9 Å². The number of benzene rings is 1. The number of amides is 1. The van der Waals surface area contributed by atoms with Crippen LogP contribution in [0.25, 0.3) is 0 Å². The normalized spacial score (nSPS) is 13.6. The van der Waals surface area contributed by atoms with E-state index in [1.807, 2.05) is 0 Å². The van der Waals surface area contributed by atoms with Crippen molar-refractivity contribution in [3.8, 4) is 17.6 Å². The van der Waals surface area contributed by atoms with E-state index in [-0.39, 0.29) is 18.8 Å². The first-order chi connectivity index (χ1) is 27.2. The smallest absolute Gasteiger partial charge is 0.344 e. The topological polar surface area (TPSA) is 192 Å². The Hall–Kier alpha value is -4.70. The lowest BCUT2D eigenvalue weighted by molar-refractivity contribution is -0.187. The van der Waals surface area contributed by atoms with Crippen molar-refractivity contribution in [1.29, 1.82) is 0 Å². The fraction of sp³-hybridized carbons (Fsp3) is 0.644. The van der Waals surface area contributed by atoms with Gasteiger partial charge in [0.1, 0.15) is 35.4 Å². The molecule has 0 aliphatic heterocycles. The van der Waals surface area contributed by atoms with Gasteiger partial charge in [0, 0.05) is 19.3 Å². The molecule has 0 unspecified atom stereocenters. The summed E-state index contributed by atoms with van der Waals surface area (Å²) in [4.78, 5) is 77.9. The molecule has 0 aliphatic rings. The number of aliphatic carboxylic acids is 1. The van der Waals surface area contributed by atoms with E-state index in [1.54, 1.807) is 58.0 Å². The van der Waals surface area contributed by atoms with Crippen molar-refractivity contribution < 1.29 is 57.9 Å². The van der Waals surface area contributed by atoms with E-state index >= 15 is 0 Å². The summed E-state index contributed by atoms with van der Waals surface area (Å²) >= 11 is 0. The Kier molecular flexibility index (Phi) is 23.3. The summed E-state index contributed by atoms with van der Waals surface area (Å²) in [5, 5.41) is 24.2. The zero-order valence-electron chi connectivity index (χ0n) is 35.9. The van der Waals surface area contributed by atoms with Gasteiger partial charge in [-0.2, -0.15) is 0 Å². The molecule has 13 nitrogen and oxygen atoms in total. The van der Waals surface area contributed by atoms with Crippen LogP contribution >= 0.6 is 0 Å². The zero-order chi connectivity index (χ0) is 43.8. The molecule has 0 radical (unpaired) electrons. The van der Waals surface area contributed by atoms with Crippen LogP contribution in [0.1, 0.15) is 144 Å². The zero-order valence-corrected chi connectivity index (χ0v) is 35.9. The van der Waals surface area contributed by atoms with Crippen molar-refractivity contribution in [3.63, 3.8) is 0 Å². The number of nitrogens with one attached hydrogen (secondary N) is 1. The predicted molar refractivity (Wildman–Crippen MR) is 220 cm³/mol. The van der Waals surface area contributed by atoms with Gasteiger partial charge >= 0.3 is 23.9 Å². The summed E-state index contributed by atoms with van der Waals surface area (Å²) in [6.07, 6.45) is 11.5. The highest BCUT2D eigenvalue weighted by Gasteiger charge is 2.51. The van der Waals surface area contributed by atoms with Crippen LogP contribution in [-0.4, -0.2) is 81.8 Å². The van der Waals surface area contributed by atoms with Crippen molar-refractivity contribution in [2.75, 3.05) is 13.2 Å². The third-order valence-electron chi connectivity index (χ3n) is 8.64. The van der Waals surface area contributed by atoms with E-state index in [0.717, 1.165) is 44.9 Å². The Labute approximate surface area is 345 Å². The molecule has 0 heterocycles. The molecule has 0 saturated heterocycles. The number of carbonyl (C=O) groups excluding carboxylic acids is 5. The molecule has 0 aromatic heterocycles. The minimum atomic E-state index is -2.89. The number of rotatable bonds is 27. The fourth-order valence-electron chi connectivity index (χ4n) is 5.80. The second-order valence-corrected chi connectivity index (χ2v) is 16.4. The number of ether oxygens (including phenoxy) is 4. The molecule has 3 atom stereocenters. The van der Waals surface area contributed by atoms with Gasteiger partial charge in [-0.15, -0.1) is 5.92 Å². The van der Waals surface area contributed by atoms with Gasteiger partial charge < -0.3 is 34.5 Å². The Morgan fingerprint density at radius 2 is 1.41 bits per heavy atom. The molecular weight excluding hydrogens is 746 g/mol. The van der Waals surface area contributed by atoms with Gasteiger partial charge in [-0.25, -0.2) is 14.4 Å². The van der Waals surface area contributed by atoms with Crippen LogP contribution in [0, 0.1) is 17.8 Å². The average Bonchev–Trinajstić information content (AvgIpc) is 3.11. The molecule has 0 aliphatic carbocycles. The molecule has 0 bridgehead atoms. The number of unbranched alkanes of at least 4 members (excludes halogenated alkanes) is 8. The number of aliphatic hydroxyl groups is 1. The second-order valence-electron chi connectivity index (χ2n) is 16.4. The summed E-state index contributed by atoms with van der Waals surface area (Å²) in [6, 6.07) is 5.13. The lowest BCUT2D eigenvalue weighted by atomic mass is 9.82. The van der Waals surface area contributed by atoms with Gasteiger partial charge in [-0.05, 0) is 91.8 Å². The SMILES string of the molecule is CC#CCOc1ccc(C[C@H](NC(=O)[C@@H](/C=C/CCCCCCC(=O)CCCCCCC)[C@@](O)(CC(=O)O)C(=O)OC(C)(C)C)C(=O)OCC(=O)OC(C)(C)C)cc1. The summed E-state index contributed by atoms with van der Waals surface area (Å²) in [5.74, 6) is -1.36. The lowest BCUT2D eigenvalue weighted by Gasteiger charge is -2.34. The quantitative estimate of drug-likeness (QED) is 0.0272. The van der Waals surface area contributed by atoms with Crippen LogP contribution in [0.2, 0.25) is 0 Å². The van der Waals surface area contributed by atoms with Crippen LogP contribution < -0.4 is 10.1 Å². The van der Waals surface area contributed by atoms with Gasteiger partial charge in [0.05, 0.1) is 12.3 Å². The second kappa shape index (κ2) is 26.3. The maximum absolute atomic E-state index is 14.2. The van der Waals surface area contributed by atoms with Crippen molar-refractivity contribution in [2.45, 2.75) is 168 Å². The Balaban J connectivity index is 3.32.